The van der Waals surface area contributed by atoms with Crippen molar-refractivity contribution in [1.29, 1.82) is 0 Å². The fourth-order valence-corrected chi connectivity index (χ4v) is 6.30. The lowest BCUT2D eigenvalue weighted by Crippen LogP contribution is -2.15. The minimum atomic E-state index is -0.288. The number of thioether (sulfide) groups is 1. The van der Waals surface area contributed by atoms with Gasteiger partial charge in [0.25, 0.3) is 5.56 Å². The Balaban J connectivity index is 1.44. The number of rotatable bonds is 4. The van der Waals surface area contributed by atoms with E-state index in [9.17, 15) is 9.18 Å². The van der Waals surface area contributed by atoms with Crippen LogP contribution in [0.15, 0.2) is 34.2 Å². The molecule has 3 heterocycles. The van der Waals surface area contributed by atoms with E-state index in [0.29, 0.717) is 22.7 Å². The number of benzene rings is 1. The Kier molecular flexibility index (Phi) is 5.18. The molecule has 4 aromatic rings. The number of aryl methyl sites for hydroxylation is 1. The van der Waals surface area contributed by atoms with E-state index in [-0.39, 0.29) is 16.6 Å². The first kappa shape index (κ1) is 20.4. The van der Waals surface area contributed by atoms with Gasteiger partial charge >= 0.3 is 0 Å². The summed E-state index contributed by atoms with van der Waals surface area (Å²) in [6, 6.07) is 6.18. The fourth-order valence-electron chi connectivity index (χ4n) is 4.04. The van der Waals surface area contributed by atoms with Gasteiger partial charge in [0, 0.05) is 17.5 Å². The van der Waals surface area contributed by atoms with Gasteiger partial charge in [-0.3, -0.25) is 4.79 Å². The van der Waals surface area contributed by atoms with Crippen molar-refractivity contribution in [3.8, 4) is 11.4 Å². The van der Waals surface area contributed by atoms with Crippen molar-refractivity contribution in [3.05, 3.63) is 56.7 Å². The quantitative estimate of drug-likeness (QED) is 0.443. The SMILES string of the molecule is CC1CCc2c(sc3nc(C(C)Sc4nnc(-c5ccc(F)cc5)n4C)[nH]c(=O)c23)C1. The van der Waals surface area contributed by atoms with Crippen molar-refractivity contribution in [1.82, 2.24) is 24.7 Å². The molecule has 0 spiro atoms. The summed E-state index contributed by atoms with van der Waals surface area (Å²) in [5.41, 5.74) is 1.93. The van der Waals surface area contributed by atoms with Gasteiger partial charge in [-0.25, -0.2) is 9.37 Å². The van der Waals surface area contributed by atoms with Crippen LogP contribution >= 0.6 is 23.1 Å². The second-order valence-electron chi connectivity index (χ2n) is 8.12. The van der Waals surface area contributed by atoms with E-state index >= 15 is 0 Å². The van der Waals surface area contributed by atoms with Gasteiger partial charge in [0.2, 0.25) is 0 Å². The first-order chi connectivity index (χ1) is 14.9. The standard InChI is InChI=1S/C22H22FN5OS2/c1-11-4-9-15-16(10-11)31-21-17(15)20(29)24-18(25-21)12(2)30-22-27-26-19(28(22)3)13-5-7-14(23)8-6-13/h5-8,11-12H,4,9-10H2,1-3H3,(H,24,25,29). The molecule has 0 radical (unpaired) electrons. The highest BCUT2D eigenvalue weighted by Crippen LogP contribution is 2.38. The lowest BCUT2D eigenvalue weighted by molar-refractivity contribution is 0.509. The third-order valence-corrected chi connectivity index (χ3v) is 8.08. The van der Waals surface area contributed by atoms with Crippen molar-refractivity contribution in [2.24, 2.45) is 13.0 Å². The molecule has 0 bridgehead atoms. The number of fused-ring (bicyclic) bond motifs is 3. The molecule has 160 valence electrons. The molecular formula is C22H22FN5OS2. The Hall–Kier alpha value is -2.52. The van der Waals surface area contributed by atoms with Crippen LogP contribution in [0.4, 0.5) is 4.39 Å². The molecule has 2 atom stereocenters. The Bertz CT molecular complexity index is 1320. The maximum atomic E-state index is 13.2. The molecule has 0 saturated carbocycles. The van der Waals surface area contributed by atoms with E-state index in [1.807, 2.05) is 18.5 Å². The highest BCUT2D eigenvalue weighted by molar-refractivity contribution is 7.99. The molecule has 0 fully saturated rings. The van der Waals surface area contributed by atoms with Gasteiger partial charge < -0.3 is 9.55 Å². The predicted octanol–water partition coefficient (Wildman–Crippen LogP) is 4.90. The molecule has 6 nitrogen and oxygen atoms in total. The highest BCUT2D eigenvalue weighted by atomic mass is 32.2. The molecule has 0 aliphatic heterocycles. The van der Waals surface area contributed by atoms with E-state index < -0.39 is 0 Å². The third-order valence-electron chi connectivity index (χ3n) is 5.79. The number of H-pyrrole nitrogens is 1. The number of nitrogens with zero attached hydrogens (tertiary/aromatic N) is 4. The molecule has 5 rings (SSSR count). The number of aromatic nitrogens is 5. The van der Waals surface area contributed by atoms with Crippen molar-refractivity contribution < 1.29 is 4.39 Å². The minimum Gasteiger partial charge on any atom is -0.309 e. The number of nitrogens with one attached hydrogen (secondary N) is 1. The maximum Gasteiger partial charge on any atom is 0.259 e. The van der Waals surface area contributed by atoms with E-state index in [2.05, 4.69) is 22.1 Å². The summed E-state index contributed by atoms with van der Waals surface area (Å²) < 4.78 is 15.1. The van der Waals surface area contributed by atoms with E-state index in [0.717, 1.165) is 35.0 Å². The summed E-state index contributed by atoms with van der Waals surface area (Å²) in [6.07, 6.45) is 3.10. The zero-order valence-electron chi connectivity index (χ0n) is 17.5. The average Bonchev–Trinajstić information content (AvgIpc) is 3.28. The van der Waals surface area contributed by atoms with Gasteiger partial charge in [0.1, 0.15) is 16.5 Å². The van der Waals surface area contributed by atoms with Crippen LogP contribution in [-0.2, 0) is 19.9 Å². The summed E-state index contributed by atoms with van der Waals surface area (Å²) in [5, 5.41) is 9.91. The number of hydrogen-bond donors (Lipinski definition) is 1. The summed E-state index contributed by atoms with van der Waals surface area (Å²) >= 11 is 3.14. The van der Waals surface area contributed by atoms with E-state index in [1.165, 1.54) is 34.3 Å². The predicted molar refractivity (Wildman–Crippen MR) is 122 cm³/mol. The molecular weight excluding hydrogens is 433 g/mol. The Morgan fingerprint density at radius 2 is 2.06 bits per heavy atom. The first-order valence-corrected chi connectivity index (χ1v) is 12.0. The molecule has 9 heteroatoms. The Labute approximate surface area is 186 Å². The second-order valence-corrected chi connectivity index (χ2v) is 10.5. The molecule has 1 aromatic carbocycles. The number of aromatic amines is 1. The molecule has 31 heavy (non-hydrogen) atoms. The van der Waals surface area contributed by atoms with E-state index in [1.54, 1.807) is 23.5 Å². The third kappa shape index (κ3) is 3.70. The first-order valence-electron chi connectivity index (χ1n) is 10.3. The smallest absolute Gasteiger partial charge is 0.259 e. The summed E-state index contributed by atoms with van der Waals surface area (Å²) in [4.78, 5) is 22.8. The largest absolute Gasteiger partial charge is 0.309 e. The van der Waals surface area contributed by atoms with Crippen LogP contribution in [-0.4, -0.2) is 24.7 Å². The van der Waals surface area contributed by atoms with Crippen molar-refractivity contribution >= 4 is 33.3 Å². The molecule has 1 N–H and O–H groups in total. The Morgan fingerprint density at radius 3 is 2.84 bits per heavy atom. The monoisotopic (exact) mass is 455 g/mol. The van der Waals surface area contributed by atoms with Crippen LogP contribution in [0.25, 0.3) is 21.6 Å². The van der Waals surface area contributed by atoms with Gasteiger partial charge in [-0.15, -0.1) is 21.5 Å². The van der Waals surface area contributed by atoms with Gasteiger partial charge in [-0.2, -0.15) is 0 Å². The van der Waals surface area contributed by atoms with Crippen molar-refractivity contribution in [2.45, 2.75) is 43.5 Å². The lowest BCUT2D eigenvalue weighted by atomic mass is 9.89. The minimum absolute atomic E-state index is 0.0514. The Morgan fingerprint density at radius 1 is 1.29 bits per heavy atom. The molecule has 0 amide bonds. The number of halogens is 1. The van der Waals surface area contributed by atoms with Crippen LogP contribution in [0.1, 0.15) is 41.8 Å². The van der Waals surface area contributed by atoms with Crippen molar-refractivity contribution in [2.75, 3.05) is 0 Å². The maximum absolute atomic E-state index is 13.2. The summed E-state index contributed by atoms with van der Waals surface area (Å²) in [7, 11) is 1.88. The molecule has 3 aromatic heterocycles. The second kappa shape index (κ2) is 7.87. The molecule has 0 saturated heterocycles. The van der Waals surface area contributed by atoms with Gasteiger partial charge in [-0.1, -0.05) is 18.7 Å². The average molecular weight is 456 g/mol. The fraction of sp³-hybridized carbons (Fsp3) is 0.364. The zero-order chi connectivity index (χ0) is 21.7. The van der Waals surface area contributed by atoms with Crippen molar-refractivity contribution in [3.63, 3.8) is 0 Å². The van der Waals surface area contributed by atoms with Crippen LogP contribution in [0, 0.1) is 11.7 Å². The lowest BCUT2D eigenvalue weighted by Gasteiger charge is -2.17. The normalized spacial score (nSPS) is 17.1. The van der Waals surface area contributed by atoms with Crippen LogP contribution in [0.2, 0.25) is 0 Å². The van der Waals surface area contributed by atoms with Crippen LogP contribution in [0.5, 0.6) is 0 Å². The summed E-state index contributed by atoms with van der Waals surface area (Å²) in [5.74, 6) is 1.66. The van der Waals surface area contributed by atoms with Crippen LogP contribution < -0.4 is 5.56 Å². The number of hydrogen-bond acceptors (Lipinski definition) is 6. The molecule has 1 aliphatic rings. The van der Waals surface area contributed by atoms with Crippen LogP contribution in [0.3, 0.4) is 0 Å². The zero-order valence-corrected chi connectivity index (χ0v) is 19.1. The van der Waals surface area contributed by atoms with Gasteiger partial charge in [-0.05, 0) is 61.9 Å². The molecule has 2 unspecified atom stereocenters. The molecule has 1 aliphatic carbocycles. The van der Waals surface area contributed by atoms with Gasteiger partial charge in [0.15, 0.2) is 11.0 Å². The topological polar surface area (TPSA) is 76.5 Å². The number of thiophene rings is 1. The van der Waals surface area contributed by atoms with E-state index in [4.69, 9.17) is 4.98 Å². The highest BCUT2D eigenvalue weighted by Gasteiger charge is 2.24. The van der Waals surface area contributed by atoms with Gasteiger partial charge in [0.05, 0.1) is 10.6 Å². The summed E-state index contributed by atoms with van der Waals surface area (Å²) in [6.45, 7) is 4.26.